The van der Waals surface area contributed by atoms with E-state index in [1.807, 2.05) is 26.8 Å². The molecule has 2 aromatic rings. The van der Waals surface area contributed by atoms with Crippen molar-refractivity contribution in [3.8, 4) is 0 Å². The lowest BCUT2D eigenvalue weighted by Crippen LogP contribution is -2.15. The standard InChI is InChI=1S/C18H17NO5/c1-11-7-13(3)16(8-12(11)2)17(20)10-24-18(21)14-5-4-6-15(9-14)19(22)23/h4-9H,10H2,1-3H3. The van der Waals surface area contributed by atoms with Crippen molar-refractivity contribution >= 4 is 17.4 Å². The van der Waals surface area contributed by atoms with Gasteiger partial charge in [-0.2, -0.15) is 0 Å². The minimum atomic E-state index is -0.770. The normalized spacial score (nSPS) is 10.3. The van der Waals surface area contributed by atoms with Crippen LogP contribution in [0.4, 0.5) is 5.69 Å². The second-order valence-electron chi connectivity index (χ2n) is 5.56. The third-order valence-corrected chi connectivity index (χ3v) is 3.77. The van der Waals surface area contributed by atoms with E-state index in [0.29, 0.717) is 5.56 Å². The molecule has 0 aliphatic rings. The largest absolute Gasteiger partial charge is 0.454 e. The molecule has 0 saturated heterocycles. The summed E-state index contributed by atoms with van der Waals surface area (Å²) in [4.78, 5) is 34.3. The van der Waals surface area contributed by atoms with Gasteiger partial charge in [0.05, 0.1) is 10.5 Å². The van der Waals surface area contributed by atoms with Crippen molar-refractivity contribution in [2.24, 2.45) is 0 Å². The molecule has 0 aliphatic heterocycles. The summed E-state index contributed by atoms with van der Waals surface area (Å²) in [6.07, 6.45) is 0. The number of non-ortho nitro benzene ring substituents is 1. The van der Waals surface area contributed by atoms with Crippen molar-refractivity contribution in [2.45, 2.75) is 20.8 Å². The molecule has 0 fully saturated rings. The Balaban J connectivity index is 2.09. The summed E-state index contributed by atoms with van der Waals surface area (Å²) < 4.78 is 4.99. The molecular weight excluding hydrogens is 310 g/mol. The average molecular weight is 327 g/mol. The predicted molar refractivity (Wildman–Crippen MR) is 88.4 cm³/mol. The summed E-state index contributed by atoms with van der Waals surface area (Å²) >= 11 is 0. The van der Waals surface area contributed by atoms with Crippen LogP contribution in [0.15, 0.2) is 36.4 Å². The Bertz CT molecular complexity index is 826. The summed E-state index contributed by atoms with van der Waals surface area (Å²) in [5, 5.41) is 10.7. The predicted octanol–water partition coefficient (Wildman–Crippen LogP) is 3.56. The first-order chi connectivity index (χ1) is 11.3. The number of nitro benzene ring substituents is 1. The number of ether oxygens (including phenoxy) is 1. The lowest BCUT2D eigenvalue weighted by atomic mass is 9.98. The molecule has 0 radical (unpaired) electrons. The number of ketones is 1. The maximum absolute atomic E-state index is 12.3. The Morgan fingerprint density at radius 3 is 2.38 bits per heavy atom. The fraction of sp³-hybridized carbons (Fsp3) is 0.222. The molecule has 124 valence electrons. The molecule has 6 heteroatoms. The van der Waals surface area contributed by atoms with Gasteiger partial charge < -0.3 is 4.74 Å². The summed E-state index contributed by atoms with van der Waals surface area (Å²) in [7, 11) is 0. The lowest BCUT2D eigenvalue weighted by molar-refractivity contribution is -0.384. The number of carbonyl (C=O) groups is 2. The first-order valence-electron chi connectivity index (χ1n) is 7.32. The summed E-state index contributed by atoms with van der Waals surface area (Å²) in [6.45, 7) is 5.27. The highest BCUT2D eigenvalue weighted by Crippen LogP contribution is 2.17. The van der Waals surface area contributed by atoms with Crippen LogP contribution in [0.25, 0.3) is 0 Å². The monoisotopic (exact) mass is 327 g/mol. The van der Waals surface area contributed by atoms with E-state index in [4.69, 9.17) is 4.74 Å². The van der Waals surface area contributed by atoms with E-state index >= 15 is 0 Å². The SMILES string of the molecule is Cc1cc(C)c(C(=O)COC(=O)c2cccc([N+](=O)[O-])c2)cc1C. The van der Waals surface area contributed by atoms with Gasteiger partial charge in [-0.25, -0.2) is 4.79 Å². The van der Waals surface area contributed by atoms with Gasteiger partial charge in [-0.3, -0.25) is 14.9 Å². The minimum absolute atomic E-state index is 0.0359. The van der Waals surface area contributed by atoms with Crippen LogP contribution < -0.4 is 0 Å². The van der Waals surface area contributed by atoms with E-state index in [0.717, 1.165) is 22.8 Å². The lowest BCUT2D eigenvalue weighted by Gasteiger charge is -2.09. The van der Waals surface area contributed by atoms with Crippen molar-refractivity contribution in [1.29, 1.82) is 0 Å². The molecule has 0 aliphatic carbocycles. The number of hydrogen-bond acceptors (Lipinski definition) is 5. The molecule has 0 N–H and O–H groups in total. The molecule has 2 aromatic carbocycles. The molecular formula is C18H17NO5. The topological polar surface area (TPSA) is 86.5 Å². The fourth-order valence-corrected chi connectivity index (χ4v) is 2.30. The number of Topliss-reactive ketones (excluding diaryl/α,β-unsaturated/α-hetero) is 1. The maximum atomic E-state index is 12.3. The maximum Gasteiger partial charge on any atom is 0.338 e. The van der Waals surface area contributed by atoms with Crippen LogP contribution in [0, 0.1) is 30.9 Å². The number of carbonyl (C=O) groups excluding carboxylic acids is 2. The summed E-state index contributed by atoms with van der Waals surface area (Å²) in [5.74, 6) is -1.08. The Labute approximate surface area is 139 Å². The van der Waals surface area contributed by atoms with Crippen LogP contribution in [0.3, 0.4) is 0 Å². The molecule has 0 amide bonds. The van der Waals surface area contributed by atoms with E-state index in [-0.39, 0.29) is 17.0 Å². The highest BCUT2D eigenvalue weighted by Gasteiger charge is 2.16. The van der Waals surface area contributed by atoms with Gasteiger partial charge in [0.25, 0.3) is 5.69 Å². The molecule has 0 unspecified atom stereocenters. The Kier molecular flexibility index (Phi) is 5.08. The van der Waals surface area contributed by atoms with Crippen molar-refractivity contribution in [3.05, 3.63) is 74.3 Å². The number of rotatable bonds is 5. The molecule has 0 heterocycles. The van der Waals surface area contributed by atoms with Gasteiger partial charge >= 0.3 is 5.97 Å². The van der Waals surface area contributed by atoms with Crippen LogP contribution in [-0.4, -0.2) is 23.3 Å². The zero-order valence-electron chi connectivity index (χ0n) is 13.7. The number of aryl methyl sites for hydroxylation is 3. The highest BCUT2D eigenvalue weighted by atomic mass is 16.6. The number of hydrogen-bond donors (Lipinski definition) is 0. The van der Waals surface area contributed by atoms with Gasteiger partial charge in [-0.05, 0) is 49.6 Å². The Morgan fingerprint density at radius 1 is 1.04 bits per heavy atom. The van der Waals surface area contributed by atoms with Crippen LogP contribution in [-0.2, 0) is 4.74 Å². The van der Waals surface area contributed by atoms with Crippen molar-refractivity contribution in [2.75, 3.05) is 6.61 Å². The van der Waals surface area contributed by atoms with Gasteiger partial charge in [0.1, 0.15) is 0 Å². The van der Waals surface area contributed by atoms with Crippen molar-refractivity contribution in [3.63, 3.8) is 0 Å². The van der Waals surface area contributed by atoms with Crippen LogP contribution in [0.5, 0.6) is 0 Å². The van der Waals surface area contributed by atoms with E-state index < -0.39 is 17.5 Å². The molecule has 0 atom stereocenters. The number of nitro groups is 1. The fourth-order valence-electron chi connectivity index (χ4n) is 2.30. The van der Waals surface area contributed by atoms with E-state index in [9.17, 15) is 19.7 Å². The number of esters is 1. The van der Waals surface area contributed by atoms with Crippen molar-refractivity contribution in [1.82, 2.24) is 0 Å². The number of nitrogens with zero attached hydrogens (tertiary/aromatic N) is 1. The van der Waals surface area contributed by atoms with Gasteiger partial charge in [0, 0.05) is 17.7 Å². The van der Waals surface area contributed by atoms with E-state index in [2.05, 4.69) is 0 Å². The van der Waals surface area contributed by atoms with Crippen LogP contribution in [0.1, 0.15) is 37.4 Å². The quantitative estimate of drug-likeness (QED) is 0.363. The number of benzene rings is 2. The van der Waals surface area contributed by atoms with Gasteiger partial charge in [-0.1, -0.05) is 12.1 Å². The van der Waals surface area contributed by atoms with Crippen LogP contribution in [0.2, 0.25) is 0 Å². The minimum Gasteiger partial charge on any atom is -0.454 e. The smallest absolute Gasteiger partial charge is 0.338 e. The molecule has 0 spiro atoms. The summed E-state index contributed by atoms with van der Waals surface area (Å²) in [5.41, 5.74) is 3.21. The molecule has 0 bridgehead atoms. The second kappa shape index (κ2) is 7.04. The molecule has 0 aromatic heterocycles. The third-order valence-electron chi connectivity index (χ3n) is 3.77. The molecule has 6 nitrogen and oxygen atoms in total. The highest BCUT2D eigenvalue weighted by molar-refractivity contribution is 6.00. The first kappa shape index (κ1) is 17.3. The van der Waals surface area contributed by atoms with Gasteiger partial charge in [-0.15, -0.1) is 0 Å². The molecule has 24 heavy (non-hydrogen) atoms. The molecule has 0 saturated carbocycles. The van der Waals surface area contributed by atoms with E-state index in [1.54, 1.807) is 6.07 Å². The van der Waals surface area contributed by atoms with Crippen LogP contribution >= 0.6 is 0 Å². The van der Waals surface area contributed by atoms with Gasteiger partial charge in [0.2, 0.25) is 5.78 Å². The second-order valence-corrected chi connectivity index (χ2v) is 5.56. The zero-order valence-corrected chi connectivity index (χ0v) is 13.7. The molecule has 2 rings (SSSR count). The van der Waals surface area contributed by atoms with Gasteiger partial charge in [0.15, 0.2) is 6.61 Å². The zero-order chi connectivity index (χ0) is 17.9. The third kappa shape index (κ3) is 3.84. The van der Waals surface area contributed by atoms with E-state index in [1.165, 1.54) is 18.2 Å². The summed E-state index contributed by atoms with van der Waals surface area (Å²) in [6, 6.07) is 8.87. The Morgan fingerprint density at radius 2 is 1.71 bits per heavy atom. The Hall–Kier alpha value is -3.02. The van der Waals surface area contributed by atoms with Crippen molar-refractivity contribution < 1.29 is 19.2 Å². The first-order valence-corrected chi connectivity index (χ1v) is 7.32. The average Bonchev–Trinajstić information content (AvgIpc) is 2.55.